The summed E-state index contributed by atoms with van der Waals surface area (Å²) in [5.74, 6) is 1.26. The molecule has 0 saturated heterocycles. The highest BCUT2D eigenvalue weighted by molar-refractivity contribution is 6.33. The van der Waals surface area contributed by atoms with Gasteiger partial charge in [-0.1, -0.05) is 58.7 Å². The third-order valence-electron chi connectivity index (χ3n) is 4.96. The quantitative estimate of drug-likeness (QED) is 0.443. The van der Waals surface area contributed by atoms with Crippen LogP contribution in [0.15, 0.2) is 37.0 Å². The van der Waals surface area contributed by atoms with Gasteiger partial charge in [-0.05, 0) is 48.1 Å². The van der Waals surface area contributed by atoms with E-state index in [4.69, 9.17) is 11.6 Å². The Morgan fingerprint density at radius 3 is 2.61 bits per heavy atom. The van der Waals surface area contributed by atoms with Crippen LogP contribution in [0.4, 0.5) is 15.9 Å². The van der Waals surface area contributed by atoms with Gasteiger partial charge in [0.15, 0.2) is 0 Å². The molecule has 0 bridgehead atoms. The number of hydrogen-bond donors (Lipinski definition) is 2. The van der Waals surface area contributed by atoms with Crippen LogP contribution in [0.1, 0.15) is 64.0 Å². The van der Waals surface area contributed by atoms with Crippen molar-refractivity contribution in [3.8, 4) is 0 Å². The van der Waals surface area contributed by atoms with Crippen LogP contribution in [0.3, 0.4) is 0 Å². The van der Waals surface area contributed by atoms with Gasteiger partial charge in [-0.3, -0.25) is 0 Å². The number of aromatic nitrogens is 1. The summed E-state index contributed by atoms with van der Waals surface area (Å²) in [6.07, 6.45) is 5.40. The molecule has 0 aliphatic rings. The molecule has 0 amide bonds. The number of nitrogens with zero attached hydrogens (tertiary/aromatic N) is 1. The van der Waals surface area contributed by atoms with E-state index in [1.165, 1.54) is 25.0 Å². The van der Waals surface area contributed by atoms with Crippen LogP contribution >= 0.6 is 11.6 Å². The van der Waals surface area contributed by atoms with Crippen molar-refractivity contribution in [1.29, 1.82) is 0 Å². The molecule has 3 nitrogen and oxygen atoms in total. The SMILES string of the molecule is C=C(NCC(CC)CCC)c1cnc(Nc2ccc(F)cc2Cl)cc1C(C)C. The Balaban J connectivity index is 2.19. The second-order valence-electron chi connectivity index (χ2n) is 7.48. The monoisotopic (exact) mass is 403 g/mol. The van der Waals surface area contributed by atoms with E-state index in [-0.39, 0.29) is 5.82 Å². The van der Waals surface area contributed by atoms with Crippen molar-refractivity contribution >= 4 is 28.8 Å². The van der Waals surface area contributed by atoms with E-state index in [9.17, 15) is 4.39 Å². The van der Waals surface area contributed by atoms with Crippen molar-refractivity contribution in [2.75, 3.05) is 11.9 Å². The van der Waals surface area contributed by atoms with Gasteiger partial charge in [0, 0.05) is 24.0 Å². The molecule has 2 aromatic rings. The molecule has 0 fully saturated rings. The normalized spacial score (nSPS) is 12.1. The van der Waals surface area contributed by atoms with E-state index in [0.717, 1.165) is 29.8 Å². The predicted octanol–water partition coefficient (Wildman–Crippen LogP) is 7.13. The molecular formula is C23H31ClFN3. The molecule has 1 heterocycles. The summed E-state index contributed by atoms with van der Waals surface area (Å²) in [7, 11) is 0. The lowest BCUT2D eigenvalue weighted by molar-refractivity contribution is 0.455. The zero-order valence-corrected chi connectivity index (χ0v) is 18.0. The summed E-state index contributed by atoms with van der Waals surface area (Å²) >= 11 is 6.12. The first kappa shape index (κ1) is 22.2. The van der Waals surface area contributed by atoms with Crippen LogP contribution in [0.5, 0.6) is 0 Å². The van der Waals surface area contributed by atoms with E-state index >= 15 is 0 Å². The second-order valence-corrected chi connectivity index (χ2v) is 7.89. The van der Waals surface area contributed by atoms with Crippen molar-refractivity contribution in [3.63, 3.8) is 0 Å². The molecule has 2 N–H and O–H groups in total. The van der Waals surface area contributed by atoms with Crippen molar-refractivity contribution in [1.82, 2.24) is 10.3 Å². The van der Waals surface area contributed by atoms with E-state index in [1.54, 1.807) is 6.07 Å². The number of hydrogen-bond acceptors (Lipinski definition) is 3. The molecule has 28 heavy (non-hydrogen) atoms. The Labute approximate surface area is 173 Å². The highest BCUT2D eigenvalue weighted by Crippen LogP contribution is 2.29. The zero-order chi connectivity index (χ0) is 20.7. The molecule has 1 unspecified atom stereocenters. The standard InChI is InChI=1S/C23H31ClFN3/c1-6-8-17(7-2)13-26-16(5)20-14-27-23(12-19(20)15(3)4)28-22-10-9-18(25)11-21(22)24/h9-12,14-15,17,26H,5-8,13H2,1-4H3,(H,27,28). The number of anilines is 2. The van der Waals surface area contributed by atoms with Crippen molar-refractivity contribution in [2.45, 2.75) is 52.9 Å². The molecule has 1 aromatic carbocycles. The lowest BCUT2D eigenvalue weighted by Gasteiger charge is -2.20. The Kier molecular flexibility index (Phi) is 8.31. The number of rotatable bonds is 10. The van der Waals surface area contributed by atoms with Crippen LogP contribution in [0, 0.1) is 11.7 Å². The third-order valence-corrected chi connectivity index (χ3v) is 5.27. The fraction of sp³-hybridized carbons (Fsp3) is 0.435. The molecule has 0 radical (unpaired) electrons. The maximum absolute atomic E-state index is 13.3. The Bertz CT molecular complexity index is 804. The maximum atomic E-state index is 13.3. The van der Waals surface area contributed by atoms with Crippen molar-refractivity contribution in [3.05, 3.63) is 59.0 Å². The molecule has 1 aromatic heterocycles. The Hall–Kier alpha value is -2.07. The first-order valence-electron chi connectivity index (χ1n) is 10.0. The summed E-state index contributed by atoms with van der Waals surface area (Å²) < 4.78 is 13.3. The van der Waals surface area contributed by atoms with E-state index < -0.39 is 0 Å². The first-order valence-corrected chi connectivity index (χ1v) is 10.4. The summed E-state index contributed by atoms with van der Waals surface area (Å²) in [5.41, 5.74) is 3.70. The van der Waals surface area contributed by atoms with Gasteiger partial charge in [-0.15, -0.1) is 0 Å². The minimum Gasteiger partial charge on any atom is -0.385 e. The highest BCUT2D eigenvalue weighted by atomic mass is 35.5. The number of benzene rings is 1. The van der Waals surface area contributed by atoms with Gasteiger partial charge in [-0.2, -0.15) is 0 Å². The lowest BCUT2D eigenvalue weighted by Crippen LogP contribution is -2.21. The minimum atomic E-state index is -0.363. The largest absolute Gasteiger partial charge is 0.385 e. The zero-order valence-electron chi connectivity index (χ0n) is 17.3. The third kappa shape index (κ3) is 5.96. The maximum Gasteiger partial charge on any atom is 0.130 e. The van der Waals surface area contributed by atoms with Gasteiger partial charge in [0.05, 0.1) is 10.7 Å². The molecule has 0 aliphatic heterocycles. The second kappa shape index (κ2) is 10.5. The van der Waals surface area contributed by atoms with Gasteiger partial charge in [-0.25, -0.2) is 9.37 Å². The predicted molar refractivity (Wildman–Crippen MR) is 119 cm³/mol. The number of nitrogens with one attached hydrogen (secondary N) is 2. The Morgan fingerprint density at radius 1 is 1.25 bits per heavy atom. The molecule has 152 valence electrons. The van der Waals surface area contributed by atoms with Gasteiger partial charge >= 0.3 is 0 Å². The van der Waals surface area contributed by atoms with E-state index in [0.29, 0.717) is 28.4 Å². The molecule has 0 aliphatic carbocycles. The molecule has 0 saturated carbocycles. The van der Waals surface area contributed by atoms with Gasteiger partial charge in [0.1, 0.15) is 11.6 Å². The summed E-state index contributed by atoms with van der Waals surface area (Å²) in [6, 6.07) is 6.28. The summed E-state index contributed by atoms with van der Waals surface area (Å²) in [4.78, 5) is 4.52. The fourth-order valence-corrected chi connectivity index (χ4v) is 3.43. The highest BCUT2D eigenvalue weighted by Gasteiger charge is 2.14. The molecule has 2 rings (SSSR count). The van der Waals surface area contributed by atoms with Crippen LogP contribution in [-0.2, 0) is 0 Å². The molecular weight excluding hydrogens is 373 g/mol. The lowest BCUT2D eigenvalue weighted by atomic mass is 9.96. The van der Waals surface area contributed by atoms with E-state index in [1.807, 2.05) is 12.3 Å². The summed E-state index contributed by atoms with van der Waals surface area (Å²) in [6.45, 7) is 13.9. The van der Waals surface area contributed by atoms with Crippen LogP contribution in [0.25, 0.3) is 5.70 Å². The molecule has 0 spiro atoms. The average Bonchev–Trinajstić information content (AvgIpc) is 2.67. The van der Waals surface area contributed by atoms with Crippen LogP contribution in [-0.4, -0.2) is 11.5 Å². The molecule has 1 atom stereocenters. The first-order chi connectivity index (χ1) is 13.3. The van der Waals surface area contributed by atoms with Crippen LogP contribution < -0.4 is 10.6 Å². The van der Waals surface area contributed by atoms with Crippen molar-refractivity contribution in [2.24, 2.45) is 5.92 Å². The van der Waals surface area contributed by atoms with Gasteiger partial charge in [0.2, 0.25) is 0 Å². The number of halogens is 2. The van der Waals surface area contributed by atoms with E-state index in [2.05, 4.69) is 49.9 Å². The van der Waals surface area contributed by atoms with Gasteiger partial charge in [0.25, 0.3) is 0 Å². The average molecular weight is 404 g/mol. The Morgan fingerprint density at radius 2 is 2.00 bits per heavy atom. The smallest absolute Gasteiger partial charge is 0.130 e. The molecule has 5 heteroatoms. The van der Waals surface area contributed by atoms with Crippen LogP contribution in [0.2, 0.25) is 5.02 Å². The fourth-order valence-electron chi connectivity index (χ4n) is 3.22. The summed E-state index contributed by atoms with van der Waals surface area (Å²) in [5, 5.41) is 7.00. The topological polar surface area (TPSA) is 37.0 Å². The van der Waals surface area contributed by atoms with Gasteiger partial charge < -0.3 is 10.6 Å². The van der Waals surface area contributed by atoms with Crippen molar-refractivity contribution < 1.29 is 4.39 Å². The number of pyridine rings is 1. The minimum absolute atomic E-state index is 0.304.